The predicted octanol–water partition coefficient (Wildman–Crippen LogP) is 4.53. The summed E-state index contributed by atoms with van der Waals surface area (Å²) in [7, 11) is 0. The molecule has 2 saturated heterocycles. The molecule has 29 heavy (non-hydrogen) atoms. The molecule has 2 aliphatic heterocycles. The van der Waals surface area contributed by atoms with Gasteiger partial charge in [-0.25, -0.2) is 4.79 Å². The molecule has 0 N–H and O–H groups in total. The summed E-state index contributed by atoms with van der Waals surface area (Å²) in [5, 5.41) is 0. The second-order valence-corrected chi connectivity index (χ2v) is 9.61. The minimum absolute atomic E-state index is 0.163. The molecule has 1 aromatic carbocycles. The topological polar surface area (TPSA) is 49.9 Å². The van der Waals surface area contributed by atoms with Gasteiger partial charge in [0.05, 0.1) is 0 Å². The summed E-state index contributed by atoms with van der Waals surface area (Å²) >= 11 is 0. The molecule has 0 saturated carbocycles. The predicted molar refractivity (Wildman–Crippen MR) is 115 cm³/mol. The Bertz CT molecular complexity index is 696. The van der Waals surface area contributed by atoms with Crippen LogP contribution in [0.15, 0.2) is 24.3 Å². The van der Waals surface area contributed by atoms with Gasteiger partial charge in [-0.3, -0.25) is 4.79 Å². The molecular formula is C24H36N2O3. The Kier molecular flexibility index (Phi) is 6.86. The van der Waals surface area contributed by atoms with Crippen LogP contribution in [0.1, 0.15) is 70.4 Å². The van der Waals surface area contributed by atoms with Gasteiger partial charge in [0, 0.05) is 26.2 Å². The number of carbonyl (C=O) groups is 2. The smallest absolute Gasteiger partial charge is 0.410 e. The Labute approximate surface area is 175 Å². The number of nitrogens with zero attached hydrogens (tertiary/aromatic N) is 2. The first-order valence-electron chi connectivity index (χ1n) is 11.1. The van der Waals surface area contributed by atoms with Crippen molar-refractivity contribution in [3.8, 4) is 0 Å². The van der Waals surface area contributed by atoms with E-state index in [4.69, 9.17) is 4.74 Å². The summed E-state index contributed by atoms with van der Waals surface area (Å²) in [6.07, 6.45) is 8.99. The van der Waals surface area contributed by atoms with E-state index < -0.39 is 5.60 Å². The number of amides is 2. The molecular weight excluding hydrogens is 364 g/mol. The number of carbonyl (C=O) groups excluding carboxylic acids is 2. The van der Waals surface area contributed by atoms with Gasteiger partial charge in [-0.05, 0) is 82.3 Å². The van der Waals surface area contributed by atoms with Crippen molar-refractivity contribution in [2.24, 2.45) is 0 Å². The van der Waals surface area contributed by atoms with E-state index >= 15 is 0 Å². The van der Waals surface area contributed by atoms with Crippen molar-refractivity contribution in [2.45, 2.75) is 76.7 Å². The molecule has 1 aliphatic carbocycles. The number of piperidine rings is 2. The van der Waals surface area contributed by atoms with Gasteiger partial charge in [0.1, 0.15) is 5.60 Å². The molecule has 1 aromatic rings. The molecule has 2 fully saturated rings. The number of benzene rings is 1. The van der Waals surface area contributed by atoms with E-state index in [0.29, 0.717) is 5.41 Å². The SMILES string of the molecule is CC(C)(C)OC(=O)N1CCC2(CCc3ccccc32)CC1.O=CN1CCCCC1. The maximum atomic E-state index is 12.2. The normalized spacial score (nSPS) is 20.5. The van der Waals surface area contributed by atoms with Gasteiger partial charge >= 0.3 is 6.09 Å². The van der Waals surface area contributed by atoms with Gasteiger partial charge in [-0.2, -0.15) is 0 Å². The number of rotatable bonds is 1. The molecule has 0 aromatic heterocycles. The molecule has 5 heteroatoms. The third-order valence-electron chi connectivity index (χ3n) is 6.37. The molecule has 3 aliphatic rings. The Morgan fingerprint density at radius 1 is 1.00 bits per heavy atom. The molecule has 5 nitrogen and oxygen atoms in total. The molecule has 160 valence electrons. The number of likely N-dealkylation sites (tertiary alicyclic amines) is 2. The van der Waals surface area contributed by atoms with E-state index in [1.165, 1.54) is 43.2 Å². The molecule has 0 unspecified atom stereocenters. The summed E-state index contributed by atoms with van der Waals surface area (Å²) < 4.78 is 5.48. The lowest BCUT2D eigenvalue weighted by molar-refractivity contribution is -0.118. The third kappa shape index (κ3) is 5.52. The fraction of sp³-hybridized carbons (Fsp3) is 0.667. The summed E-state index contributed by atoms with van der Waals surface area (Å²) in [5.74, 6) is 0. The summed E-state index contributed by atoms with van der Waals surface area (Å²) in [5.41, 5.74) is 2.92. The zero-order valence-electron chi connectivity index (χ0n) is 18.3. The van der Waals surface area contributed by atoms with Gasteiger partial charge in [0.15, 0.2) is 0 Å². The largest absolute Gasteiger partial charge is 0.444 e. The van der Waals surface area contributed by atoms with Crippen molar-refractivity contribution in [1.82, 2.24) is 9.80 Å². The van der Waals surface area contributed by atoms with Crippen molar-refractivity contribution < 1.29 is 14.3 Å². The van der Waals surface area contributed by atoms with Gasteiger partial charge in [0.25, 0.3) is 0 Å². The second-order valence-electron chi connectivity index (χ2n) is 9.61. The van der Waals surface area contributed by atoms with Crippen LogP contribution < -0.4 is 0 Å². The highest BCUT2D eigenvalue weighted by Gasteiger charge is 2.42. The van der Waals surface area contributed by atoms with Gasteiger partial charge in [-0.1, -0.05) is 24.3 Å². The first-order valence-corrected chi connectivity index (χ1v) is 11.1. The van der Waals surface area contributed by atoms with E-state index in [1.807, 2.05) is 30.6 Å². The van der Waals surface area contributed by atoms with Crippen molar-refractivity contribution in [2.75, 3.05) is 26.2 Å². The Hall–Kier alpha value is -2.04. The molecule has 4 rings (SSSR count). The van der Waals surface area contributed by atoms with Crippen LogP contribution in [0, 0.1) is 0 Å². The van der Waals surface area contributed by atoms with Crippen LogP contribution in [0.2, 0.25) is 0 Å². The van der Waals surface area contributed by atoms with E-state index in [0.717, 1.165) is 45.4 Å². The van der Waals surface area contributed by atoms with Crippen molar-refractivity contribution in [1.29, 1.82) is 0 Å². The van der Waals surface area contributed by atoms with Gasteiger partial charge < -0.3 is 14.5 Å². The fourth-order valence-corrected chi connectivity index (χ4v) is 4.75. The van der Waals surface area contributed by atoms with E-state index in [9.17, 15) is 9.59 Å². The number of fused-ring (bicyclic) bond motifs is 2. The van der Waals surface area contributed by atoms with Crippen molar-refractivity contribution in [3.63, 3.8) is 0 Å². The fourth-order valence-electron chi connectivity index (χ4n) is 4.75. The molecule has 0 radical (unpaired) electrons. The van der Waals surface area contributed by atoms with E-state index in [-0.39, 0.29) is 6.09 Å². The minimum Gasteiger partial charge on any atom is -0.444 e. The van der Waals surface area contributed by atoms with Crippen LogP contribution in [0.5, 0.6) is 0 Å². The standard InChI is InChI=1S/C18H25NO2.C6H11NO/c1-17(2,3)21-16(20)19-12-10-18(11-13-19)9-8-14-6-4-5-7-15(14)18;8-6-7-4-2-1-3-5-7/h4-7H,8-13H2,1-3H3;6H,1-5H2. The van der Waals surface area contributed by atoms with Crippen molar-refractivity contribution in [3.05, 3.63) is 35.4 Å². The van der Waals surface area contributed by atoms with Crippen LogP contribution >= 0.6 is 0 Å². The lowest BCUT2D eigenvalue weighted by Gasteiger charge is -2.40. The minimum atomic E-state index is -0.411. The lowest BCUT2D eigenvalue weighted by atomic mass is 9.74. The summed E-state index contributed by atoms with van der Waals surface area (Å²) in [6, 6.07) is 8.82. The quantitative estimate of drug-likeness (QED) is 0.651. The average Bonchev–Trinajstić information content (AvgIpc) is 3.07. The molecule has 2 heterocycles. The van der Waals surface area contributed by atoms with Crippen LogP contribution in [-0.2, 0) is 21.4 Å². The highest BCUT2D eigenvalue weighted by Crippen LogP contribution is 2.46. The molecule has 0 bridgehead atoms. The van der Waals surface area contributed by atoms with E-state index in [1.54, 1.807) is 0 Å². The highest BCUT2D eigenvalue weighted by molar-refractivity contribution is 5.68. The van der Waals surface area contributed by atoms with Gasteiger partial charge in [-0.15, -0.1) is 0 Å². The van der Waals surface area contributed by atoms with Crippen molar-refractivity contribution >= 4 is 12.5 Å². The Morgan fingerprint density at radius 2 is 1.66 bits per heavy atom. The Balaban J connectivity index is 0.000000252. The maximum absolute atomic E-state index is 12.2. The lowest BCUT2D eigenvalue weighted by Crippen LogP contribution is -2.46. The monoisotopic (exact) mass is 400 g/mol. The van der Waals surface area contributed by atoms with E-state index in [2.05, 4.69) is 24.3 Å². The number of aryl methyl sites for hydroxylation is 1. The number of ether oxygens (including phenoxy) is 1. The maximum Gasteiger partial charge on any atom is 0.410 e. The third-order valence-corrected chi connectivity index (χ3v) is 6.37. The molecule has 1 spiro atoms. The zero-order chi connectivity index (χ0) is 20.9. The molecule has 2 amide bonds. The van der Waals surface area contributed by atoms with Crippen LogP contribution in [-0.4, -0.2) is 54.1 Å². The van der Waals surface area contributed by atoms with Crippen LogP contribution in [0.4, 0.5) is 4.79 Å². The van der Waals surface area contributed by atoms with Crippen LogP contribution in [0.3, 0.4) is 0 Å². The number of hydrogen-bond donors (Lipinski definition) is 0. The molecule has 0 atom stereocenters. The summed E-state index contributed by atoms with van der Waals surface area (Å²) in [6.45, 7) is 9.33. The Morgan fingerprint density at radius 3 is 2.24 bits per heavy atom. The van der Waals surface area contributed by atoms with Gasteiger partial charge in [0.2, 0.25) is 6.41 Å². The summed E-state index contributed by atoms with van der Waals surface area (Å²) in [4.78, 5) is 26.0. The van der Waals surface area contributed by atoms with Crippen LogP contribution in [0.25, 0.3) is 0 Å². The first-order chi connectivity index (χ1) is 13.8. The average molecular weight is 401 g/mol. The number of hydrogen-bond acceptors (Lipinski definition) is 3. The second kappa shape index (κ2) is 9.19. The highest BCUT2D eigenvalue weighted by atomic mass is 16.6. The zero-order valence-corrected chi connectivity index (χ0v) is 18.3. The first kappa shape index (κ1) is 21.7.